The fraction of sp³-hybridized carbons (Fsp3) is 0. The lowest BCUT2D eigenvalue weighted by Gasteiger charge is -1.94. The third-order valence-electron chi connectivity index (χ3n) is 2.17. The summed E-state index contributed by atoms with van der Waals surface area (Å²) in [7, 11) is 0. The summed E-state index contributed by atoms with van der Waals surface area (Å²) in [4.78, 5) is 13.7. The van der Waals surface area contributed by atoms with Crippen LogP contribution in [0.5, 0.6) is 0 Å². The van der Waals surface area contributed by atoms with Crippen molar-refractivity contribution in [1.29, 1.82) is 0 Å². The summed E-state index contributed by atoms with van der Waals surface area (Å²) >= 11 is 0. The number of allylic oxidation sites excluding steroid dienone is 1. The average Bonchev–Trinajstić information content (AvgIpc) is 2.65. The molecule has 1 aromatic heterocycles. The van der Waals surface area contributed by atoms with Gasteiger partial charge in [0.2, 0.25) is 0 Å². The standard InChI is InChI=1S/C11H9NO2/c13-6-8(7-14)10-5-12-11-4-2-1-3-9(10)11/h1-7,12-13H/b8-6-. The van der Waals surface area contributed by atoms with Crippen molar-refractivity contribution in [3.8, 4) is 0 Å². The third-order valence-corrected chi connectivity index (χ3v) is 2.17. The molecule has 0 aliphatic heterocycles. The van der Waals surface area contributed by atoms with E-state index in [1.807, 2.05) is 24.3 Å². The molecule has 0 saturated carbocycles. The highest BCUT2D eigenvalue weighted by Gasteiger charge is 2.06. The molecule has 70 valence electrons. The molecule has 2 rings (SSSR count). The second kappa shape index (κ2) is 3.38. The Morgan fingerprint density at radius 2 is 2.14 bits per heavy atom. The number of aromatic amines is 1. The van der Waals surface area contributed by atoms with E-state index >= 15 is 0 Å². The van der Waals surface area contributed by atoms with Gasteiger partial charge in [0.1, 0.15) is 0 Å². The van der Waals surface area contributed by atoms with Crippen molar-refractivity contribution >= 4 is 22.8 Å². The highest BCUT2D eigenvalue weighted by atomic mass is 16.2. The van der Waals surface area contributed by atoms with Crippen LogP contribution in [-0.4, -0.2) is 16.4 Å². The number of nitrogens with one attached hydrogen (secondary N) is 1. The summed E-state index contributed by atoms with van der Waals surface area (Å²) in [5.74, 6) is 0. The summed E-state index contributed by atoms with van der Waals surface area (Å²) in [6, 6.07) is 7.61. The van der Waals surface area contributed by atoms with Crippen LogP contribution >= 0.6 is 0 Å². The largest absolute Gasteiger partial charge is 0.515 e. The van der Waals surface area contributed by atoms with Gasteiger partial charge in [-0.2, -0.15) is 0 Å². The molecular formula is C11H9NO2. The molecule has 1 aromatic carbocycles. The molecule has 0 atom stereocenters. The van der Waals surface area contributed by atoms with Crippen LogP contribution in [0.1, 0.15) is 5.56 Å². The second-order valence-corrected chi connectivity index (χ2v) is 2.95. The maximum absolute atomic E-state index is 10.6. The lowest BCUT2D eigenvalue weighted by molar-refractivity contribution is -0.103. The number of fused-ring (bicyclic) bond motifs is 1. The summed E-state index contributed by atoms with van der Waals surface area (Å²) in [6.45, 7) is 0. The maximum atomic E-state index is 10.6. The van der Waals surface area contributed by atoms with Gasteiger partial charge in [0.25, 0.3) is 0 Å². The second-order valence-electron chi connectivity index (χ2n) is 2.95. The van der Waals surface area contributed by atoms with E-state index < -0.39 is 0 Å². The van der Waals surface area contributed by atoms with Crippen molar-refractivity contribution in [1.82, 2.24) is 4.98 Å². The molecule has 14 heavy (non-hydrogen) atoms. The molecule has 0 aliphatic rings. The third kappa shape index (κ3) is 1.19. The zero-order chi connectivity index (χ0) is 9.97. The summed E-state index contributed by atoms with van der Waals surface area (Å²) in [5, 5.41) is 9.78. The number of aldehydes is 1. The van der Waals surface area contributed by atoms with Crippen molar-refractivity contribution in [2.45, 2.75) is 0 Å². The highest BCUT2D eigenvalue weighted by Crippen LogP contribution is 2.22. The first-order chi connectivity index (χ1) is 6.86. The number of rotatable bonds is 2. The van der Waals surface area contributed by atoms with Gasteiger partial charge in [-0.1, -0.05) is 18.2 Å². The lowest BCUT2D eigenvalue weighted by Crippen LogP contribution is -1.83. The highest BCUT2D eigenvalue weighted by molar-refractivity contribution is 6.12. The van der Waals surface area contributed by atoms with E-state index in [4.69, 9.17) is 5.11 Å². The Morgan fingerprint density at radius 1 is 1.36 bits per heavy atom. The fourth-order valence-corrected chi connectivity index (χ4v) is 1.47. The van der Waals surface area contributed by atoms with Gasteiger partial charge in [-0.3, -0.25) is 4.79 Å². The van der Waals surface area contributed by atoms with Crippen LogP contribution in [0, 0.1) is 0 Å². The van der Waals surface area contributed by atoms with Crippen molar-refractivity contribution in [3.05, 3.63) is 42.3 Å². The first-order valence-electron chi connectivity index (χ1n) is 4.23. The van der Waals surface area contributed by atoms with Crippen LogP contribution in [0.15, 0.2) is 36.7 Å². The molecule has 0 bridgehead atoms. The molecule has 0 unspecified atom stereocenters. The molecular weight excluding hydrogens is 178 g/mol. The molecule has 3 nitrogen and oxygen atoms in total. The number of H-pyrrole nitrogens is 1. The van der Waals surface area contributed by atoms with E-state index in [0.717, 1.165) is 22.7 Å². The quantitative estimate of drug-likeness (QED) is 0.430. The van der Waals surface area contributed by atoms with Gasteiger partial charge in [0.05, 0.1) is 11.8 Å². The SMILES string of the molecule is O=C/C(=C/O)c1c[nH]c2ccccc12. The normalized spacial score (nSPS) is 11.9. The van der Waals surface area contributed by atoms with Crippen molar-refractivity contribution < 1.29 is 9.90 Å². The monoisotopic (exact) mass is 187 g/mol. The van der Waals surface area contributed by atoms with E-state index in [-0.39, 0.29) is 5.57 Å². The Balaban J connectivity index is 2.69. The minimum Gasteiger partial charge on any atom is -0.515 e. The van der Waals surface area contributed by atoms with Gasteiger partial charge in [-0.25, -0.2) is 0 Å². The number of benzene rings is 1. The predicted molar refractivity (Wildman–Crippen MR) is 55.0 cm³/mol. The van der Waals surface area contributed by atoms with Crippen LogP contribution in [-0.2, 0) is 4.79 Å². The Hall–Kier alpha value is -2.03. The number of carbonyl (C=O) groups excluding carboxylic acids is 1. The average molecular weight is 187 g/mol. The van der Waals surface area contributed by atoms with Gasteiger partial charge in [0, 0.05) is 22.7 Å². The fourth-order valence-electron chi connectivity index (χ4n) is 1.47. The van der Waals surface area contributed by atoms with E-state index in [9.17, 15) is 4.79 Å². The Kier molecular flexibility index (Phi) is 2.07. The first-order valence-corrected chi connectivity index (χ1v) is 4.23. The van der Waals surface area contributed by atoms with E-state index in [2.05, 4.69) is 4.98 Å². The minimum atomic E-state index is 0.280. The number of hydrogen-bond acceptors (Lipinski definition) is 2. The van der Waals surface area contributed by atoms with Gasteiger partial charge >= 0.3 is 0 Å². The molecule has 0 fully saturated rings. The zero-order valence-electron chi connectivity index (χ0n) is 7.40. The van der Waals surface area contributed by atoms with Crippen molar-refractivity contribution in [3.63, 3.8) is 0 Å². The number of hydrogen-bond donors (Lipinski definition) is 2. The number of para-hydroxylation sites is 1. The van der Waals surface area contributed by atoms with Crippen LogP contribution in [0.3, 0.4) is 0 Å². The van der Waals surface area contributed by atoms with Gasteiger partial charge < -0.3 is 10.1 Å². The van der Waals surface area contributed by atoms with Crippen LogP contribution in [0.4, 0.5) is 0 Å². The Bertz CT molecular complexity index is 497. The molecule has 2 N–H and O–H groups in total. The van der Waals surface area contributed by atoms with E-state index in [1.54, 1.807) is 6.20 Å². The molecule has 0 amide bonds. The topological polar surface area (TPSA) is 53.1 Å². The van der Waals surface area contributed by atoms with Gasteiger partial charge in [0.15, 0.2) is 6.29 Å². The van der Waals surface area contributed by atoms with Crippen LogP contribution < -0.4 is 0 Å². The molecule has 0 spiro atoms. The summed E-state index contributed by atoms with van der Waals surface area (Å²) < 4.78 is 0. The lowest BCUT2D eigenvalue weighted by atomic mass is 10.1. The Labute approximate surface area is 80.7 Å². The molecule has 0 saturated heterocycles. The predicted octanol–water partition coefficient (Wildman–Crippen LogP) is 2.27. The molecule has 1 heterocycles. The number of carbonyl (C=O) groups is 1. The van der Waals surface area contributed by atoms with Gasteiger partial charge in [-0.15, -0.1) is 0 Å². The number of aliphatic hydroxyl groups is 1. The molecule has 0 radical (unpaired) electrons. The molecule has 2 aromatic rings. The number of aromatic nitrogens is 1. The molecule has 0 aliphatic carbocycles. The van der Waals surface area contributed by atoms with E-state index in [1.165, 1.54) is 0 Å². The van der Waals surface area contributed by atoms with Crippen LogP contribution in [0.25, 0.3) is 16.5 Å². The van der Waals surface area contributed by atoms with E-state index in [0.29, 0.717) is 6.29 Å². The minimum absolute atomic E-state index is 0.280. The van der Waals surface area contributed by atoms with Crippen molar-refractivity contribution in [2.24, 2.45) is 0 Å². The Morgan fingerprint density at radius 3 is 2.86 bits per heavy atom. The number of aliphatic hydroxyl groups excluding tert-OH is 1. The van der Waals surface area contributed by atoms with Crippen molar-refractivity contribution in [2.75, 3.05) is 0 Å². The smallest absolute Gasteiger partial charge is 0.153 e. The summed E-state index contributed by atoms with van der Waals surface area (Å²) in [6.07, 6.45) is 3.17. The van der Waals surface area contributed by atoms with Crippen LogP contribution in [0.2, 0.25) is 0 Å². The van der Waals surface area contributed by atoms with Gasteiger partial charge in [-0.05, 0) is 6.07 Å². The summed E-state index contributed by atoms with van der Waals surface area (Å²) in [5.41, 5.74) is 1.95. The zero-order valence-corrected chi connectivity index (χ0v) is 7.40. The maximum Gasteiger partial charge on any atom is 0.153 e. The molecule has 3 heteroatoms. The first kappa shape index (κ1) is 8.56.